The normalized spacial score (nSPS) is 14.9. The SMILES string of the molecule is Cc1ccc(NC(=O)C(C)OC(=O)c2cc(-c3cccs3)nn2-c2ccccc2)cc1S(=O)(=O)N1CCOCC1. The van der Waals surface area contributed by atoms with Crippen molar-refractivity contribution in [3.8, 4) is 16.3 Å². The number of carbonyl (C=O) groups excluding carboxylic acids is 2. The average Bonchev–Trinajstić information content (AvgIpc) is 3.66. The van der Waals surface area contributed by atoms with Crippen LogP contribution in [0.1, 0.15) is 23.0 Å². The molecule has 2 aromatic carbocycles. The maximum Gasteiger partial charge on any atom is 0.357 e. The summed E-state index contributed by atoms with van der Waals surface area (Å²) < 4.78 is 40.1. The third kappa shape index (κ3) is 5.85. The van der Waals surface area contributed by atoms with Gasteiger partial charge in [0.1, 0.15) is 5.69 Å². The fourth-order valence-electron chi connectivity index (χ4n) is 4.24. The molecular weight excluding hydrogens is 552 g/mol. The van der Waals surface area contributed by atoms with E-state index in [-0.39, 0.29) is 29.4 Å². The van der Waals surface area contributed by atoms with Crippen molar-refractivity contribution in [3.05, 3.63) is 83.4 Å². The molecular formula is C28H28N4O6S2. The van der Waals surface area contributed by atoms with Crippen LogP contribution in [-0.2, 0) is 24.3 Å². The molecule has 0 saturated carbocycles. The molecule has 4 aromatic rings. The Bertz CT molecular complexity index is 1610. The van der Waals surface area contributed by atoms with Crippen molar-refractivity contribution < 1.29 is 27.5 Å². The summed E-state index contributed by atoms with van der Waals surface area (Å²) in [6.45, 7) is 4.34. The first-order valence-electron chi connectivity index (χ1n) is 12.6. The summed E-state index contributed by atoms with van der Waals surface area (Å²) in [5.41, 5.74) is 2.28. The lowest BCUT2D eigenvalue weighted by Crippen LogP contribution is -2.40. The molecule has 12 heteroatoms. The highest BCUT2D eigenvalue weighted by atomic mass is 32.2. The predicted molar refractivity (Wildman–Crippen MR) is 151 cm³/mol. The van der Waals surface area contributed by atoms with Gasteiger partial charge in [-0.2, -0.15) is 9.40 Å². The molecule has 3 heterocycles. The van der Waals surface area contributed by atoms with Crippen LogP contribution in [0.2, 0.25) is 0 Å². The number of rotatable bonds is 8. The van der Waals surface area contributed by atoms with E-state index >= 15 is 0 Å². The van der Waals surface area contributed by atoms with Gasteiger partial charge in [-0.1, -0.05) is 30.3 Å². The largest absolute Gasteiger partial charge is 0.448 e. The van der Waals surface area contributed by atoms with Gasteiger partial charge in [-0.15, -0.1) is 11.3 Å². The average molecular weight is 581 g/mol. The number of amides is 1. The van der Waals surface area contributed by atoms with Gasteiger partial charge < -0.3 is 14.8 Å². The fraction of sp³-hybridized carbons (Fsp3) is 0.250. The Kier molecular flexibility index (Phi) is 8.12. The van der Waals surface area contributed by atoms with E-state index in [1.807, 2.05) is 47.8 Å². The van der Waals surface area contributed by atoms with E-state index in [2.05, 4.69) is 10.4 Å². The van der Waals surface area contributed by atoms with Crippen LogP contribution >= 0.6 is 11.3 Å². The molecule has 0 bridgehead atoms. The Morgan fingerprint density at radius 2 is 1.80 bits per heavy atom. The Balaban J connectivity index is 1.33. The molecule has 208 valence electrons. The summed E-state index contributed by atoms with van der Waals surface area (Å²) in [5.74, 6) is -1.32. The zero-order chi connectivity index (χ0) is 28.3. The lowest BCUT2D eigenvalue weighted by atomic mass is 10.2. The van der Waals surface area contributed by atoms with Crippen LogP contribution in [0.3, 0.4) is 0 Å². The number of ether oxygens (including phenoxy) is 2. The Labute approximate surface area is 236 Å². The standard InChI is InChI=1S/C28H28N4O6S2/c1-19-10-11-21(17-26(19)40(35,36)31-12-14-37-15-13-31)29-27(33)20(2)38-28(34)24-18-23(25-9-6-16-39-25)30-32(24)22-7-4-3-5-8-22/h3-11,16-18,20H,12-15H2,1-2H3,(H,29,33). The molecule has 1 atom stereocenters. The van der Waals surface area contributed by atoms with Crippen LogP contribution in [-0.4, -0.2) is 66.8 Å². The van der Waals surface area contributed by atoms with Crippen molar-refractivity contribution >= 4 is 38.9 Å². The van der Waals surface area contributed by atoms with Gasteiger partial charge in [0.2, 0.25) is 10.0 Å². The Morgan fingerprint density at radius 3 is 2.50 bits per heavy atom. The van der Waals surface area contributed by atoms with Gasteiger partial charge in [-0.05, 0) is 55.1 Å². The van der Waals surface area contributed by atoms with Gasteiger partial charge in [-0.3, -0.25) is 4.79 Å². The molecule has 40 heavy (non-hydrogen) atoms. The first-order chi connectivity index (χ1) is 19.2. The minimum absolute atomic E-state index is 0.102. The maximum atomic E-state index is 13.2. The van der Waals surface area contributed by atoms with E-state index in [0.717, 1.165) is 4.88 Å². The second-order valence-electron chi connectivity index (χ2n) is 9.17. The number of aromatic nitrogens is 2. The van der Waals surface area contributed by atoms with Crippen molar-refractivity contribution in [3.63, 3.8) is 0 Å². The summed E-state index contributed by atoms with van der Waals surface area (Å²) in [7, 11) is -3.77. The summed E-state index contributed by atoms with van der Waals surface area (Å²) >= 11 is 1.49. The molecule has 1 aliphatic rings. The number of aryl methyl sites for hydroxylation is 1. The topological polar surface area (TPSA) is 120 Å². The van der Waals surface area contributed by atoms with E-state index in [0.29, 0.717) is 30.2 Å². The van der Waals surface area contributed by atoms with Gasteiger partial charge in [-0.25, -0.2) is 17.9 Å². The second kappa shape index (κ2) is 11.7. The number of esters is 1. The van der Waals surface area contributed by atoms with E-state index in [4.69, 9.17) is 9.47 Å². The van der Waals surface area contributed by atoms with Crippen molar-refractivity contribution in [2.45, 2.75) is 24.8 Å². The number of para-hydroxylation sites is 1. The lowest BCUT2D eigenvalue weighted by Gasteiger charge is -2.27. The lowest BCUT2D eigenvalue weighted by molar-refractivity contribution is -0.123. The quantitative estimate of drug-likeness (QED) is 0.312. The van der Waals surface area contributed by atoms with Crippen LogP contribution < -0.4 is 5.32 Å². The molecule has 1 amide bonds. The monoisotopic (exact) mass is 580 g/mol. The van der Waals surface area contributed by atoms with Crippen molar-refractivity contribution in [2.24, 2.45) is 0 Å². The number of sulfonamides is 1. The zero-order valence-corrected chi connectivity index (χ0v) is 23.6. The van der Waals surface area contributed by atoms with Gasteiger partial charge >= 0.3 is 5.97 Å². The molecule has 1 unspecified atom stereocenters. The predicted octanol–water partition coefficient (Wildman–Crippen LogP) is 4.11. The van der Waals surface area contributed by atoms with E-state index in [9.17, 15) is 18.0 Å². The Hall–Kier alpha value is -3.84. The first-order valence-corrected chi connectivity index (χ1v) is 15.0. The molecule has 0 radical (unpaired) electrons. The van der Waals surface area contributed by atoms with Gasteiger partial charge in [0.25, 0.3) is 5.91 Å². The molecule has 1 saturated heterocycles. The molecule has 10 nitrogen and oxygen atoms in total. The molecule has 1 N–H and O–H groups in total. The third-order valence-electron chi connectivity index (χ3n) is 6.39. The van der Waals surface area contributed by atoms with E-state index in [1.165, 1.54) is 33.3 Å². The number of thiophene rings is 1. The van der Waals surface area contributed by atoms with Crippen molar-refractivity contribution in [1.82, 2.24) is 14.1 Å². The van der Waals surface area contributed by atoms with Crippen LogP contribution in [0.4, 0.5) is 5.69 Å². The van der Waals surface area contributed by atoms with Crippen molar-refractivity contribution in [1.29, 1.82) is 0 Å². The smallest absolute Gasteiger partial charge is 0.357 e. The van der Waals surface area contributed by atoms with Crippen LogP contribution in [0.5, 0.6) is 0 Å². The summed E-state index contributed by atoms with van der Waals surface area (Å²) in [6.07, 6.45) is -1.17. The van der Waals surface area contributed by atoms with E-state index < -0.39 is 28.0 Å². The molecule has 0 spiro atoms. The van der Waals surface area contributed by atoms with Gasteiger partial charge in [0, 0.05) is 24.8 Å². The number of carbonyl (C=O) groups is 2. The van der Waals surface area contributed by atoms with Crippen molar-refractivity contribution in [2.75, 3.05) is 31.6 Å². The van der Waals surface area contributed by atoms with Gasteiger partial charge in [0.05, 0.1) is 28.7 Å². The summed E-state index contributed by atoms with van der Waals surface area (Å²) in [6, 6.07) is 19.3. The van der Waals surface area contributed by atoms with E-state index in [1.54, 1.807) is 25.1 Å². The fourth-order valence-corrected chi connectivity index (χ4v) is 6.58. The number of anilines is 1. The summed E-state index contributed by atoms with van der Waals surface area (Å²) in [4.78, 5) is 27.2. The molecule has 0 aliphatic carbocycles. The van der Waals surface area contributed by atoms with Crippen LogP contribution in [0.25, 0.3) is 16.3 Å². The number of hydrogen-bond acceptors (Lipinski definition) is 8. The minimum Gasteiger partial charge on any atom is -0.448 e. The van der Waals surface area contributed by atoms with Gasteiger partial charge in [0.15, 0.2) is 11.8 Å². The number of morpholine rings is 1. The Morgan fingerprint density at radius 1 is 1.05 bits per heavy atom. The number of nitrogens with zero attached hydrogens (tertiary/aromatic N) is 3. The second-order valence-corrected chi connectivity index (χ2v) is 12.0. The highest BCUT2D eigenvalue weighted by molar-refractivity contribution is 7.89. The van der Waals surface area contributed by atoms with Crippen LogP contribution in [0.15, 0.2) is 77.0 Å². The molecule has 1 aliphatic heterocycles. The third-order valence-corrected chi connectivity index (χ3v) is 9.32. The highest BCUT2D eigenvalue weighted by Crippen LogP contribution is 2.27. The summed E-state index contributed by atoms with van der Waals surface area (Å²) in [5, 5.41) is 9.19. The highest BCUT2D eigenvalue weighted by Gasteiger charge is 2.29. The number of nitrogens with one attached hydrogen (secondary N) is 1. The van der Waals surface area contributed by atoms with Crippen LogP contribution in [0, 0.1) is 6.92 Å². The molecule has 1 fully saturated rings. The zero-order valence-electron chi connectivity index (χ0n) is 21.9. The number of hydrogen-bond donors (Lipinski definition) is 1. The molecule has 2 aromatic heterocycles. The maximum absolute atomic E-state index is 13.2. The molecule has 5 rings (SSSR count). The number of benzene rings is 2. The minimum atomic E-state index is -3.77. The first kappa shape index (κ1) is 27.7.